The summed E-state index contributed by atoms with van der Waals surface area (Å²) in [4.78, 5) is 0. The maximum Gasteiger partial charge on any atom is 0.169 e. The highest BCUT2D eigenvalue weighted by atomic mass is 32.1. The van der Waals surface area contributed by atoms with Crippen LogP contribution in [-0.4, -0.2) is 22.3 Å². The minimum atomic E-state index is -0.872. The number of rotatable bonds is 4. The van der Waals surface area contributed by atoms with Crippen molar-refractivity contribution < 1.29 is 8.78 Å². The number of aromatic nitrogens is 2. The topological polar surface area (TPSA) is 37.8 Å². The van der Waals surface area contributed by atoms with Gasteiger partial charge in [-0.2, -0.15) is 0 Å². The third-order valence-corrected chi connectivity index (χ3v) is 3.66. The molecule has 0 aliphatic carbocycles. The summed E-state index contributed by atoms with van der Waals surface area (Å²) in [6.07, 6.45) is 0.714. The van der Waals surface area contributed by atoms with Gasteiger partial charge in [-0.1, -0.05) is 17.4 Å². The normalized spacial score (nSPS) is 11.8. The van der Waals surface area contributed by atoms with Crippen LogP contribution < -0.4 is 5.32 Å². The molecule has 20 heavy (non-hydrogen) atoms. The van der Waals surface area contributed by atoms with E-state index in [4.69, 9.17) is 0 Å². The Morgan fingerprint density at radius 2 is 1.95 bits per heavy atom. The largest absolute Gasteiger partial charge is 0.312 e. The fraction of sp³-hybridized carbons (Fsp3) is 0.429. The Bertz CT molecular complexity index is 590. The molecule has 1 heterocycles. The van der Waals surface area contributed by atoms with E-state index in [0.29, 0.717) is 11.4 Å². The van der Waals surface area contributed by atoms with Crippen LogP contribution in [0, 0.1) is 11.6 Å². The first-order valence-electron chi connectivity index (χ1n) is 6.38. The molecule has 3 nitrogen and oxygen atoms in total. The average molecular weight is 297 g/mol. The predicted octanol–water partition coefficient (Wildman–Crippen LogP) is 3.41. The van der Waals surface area contributed by atoms with Crippen LogP contribution in [0.15, 0.2) is 18.2 Å². The van der Waals surface area contributed by atoms with E-state index in [1.165, 1.54) is 23.5 Å². The van der Waals surface area contributed by atoms with E-state index in [-0.39, 0.29) is 11.1 Å². The third-order valence-electron chi connectivity index (χ3n) is 2.64. The lowest BCUT2D eigenvalue weighted by Gasteiger charge is -2.19. The van der Waals surface area contributed by atoms with Gasteiger partial charge in [0, 0.05) is 18.5 Å². The van der Waals surface area contributed by atoms with Crippen molar-refractivity contribution in [3.8, 4) is 10.6 Å². The quantitative estimate of drug-likeness (QED) is 0.939. The molecule has 0 saturated heterocycles. The zero-order chi connectivity index (χ0) is 14.8. The maximum atomic E-state index is 13.7. The first kappa shape index (κ1) is 15.0. The van der Waals surface area contributed by atoms with E-state index < -0.39 is 11.6 Å². The molecular formula is C14H17F2N3S. The number of nitrogens with one attached hydrogen (secondary N) is 1. The highest BCUT2D eigenvalue weighted by molar-refractivity contribution is 7.14. The number of nitrogens with zero attached hydrogens (tertiary/aromatic N) is 2. The second-order valence-electron chi connectivity index (χ2n) is 5.53. The second-order valence-corrected chi connectivity index (χ2v) is 6.59. The molecular weight excluding hydrogens is 280 g/mol. The van der Waals surface area contributed by atoms with Crippen molar-refractivity contribution in [2.24, 2.45) is 0 Å². The SMILES string of the molecule is CC(C)(C)NCCc1nnc(-c2cccc(F)c2F)s1. The van der Waals surface area contributed by atoms with Gasteiger partial charge in [0.05, 0.1) is 5.56 Å². The first-order chi connectivity index (χ1) is 9.37. The molecule has 0 aliphatic heterocycles. The fourth-order valence-electron chi connectivity index (χ4n) is 1.68. The van der Waals surface area contributed by atoms with Gasteiger partial charge < -0.3 is 5.32 Å². The lowest BCUT2D eigenvalue weighted by Crippen LogP contribution is -2.37. The van der Waals surface area contributed by atoms with Crippen LogP contribution in [0.5, 0.6) is 0 Å². The molecule has 2 aromatic rings. The van der Waals surface area contributed by atoms with Gasteiger partial charge in [-0.25, -0.2) is 8.78 Å². The molecule has 0 aliphatic rings. The molecule has 1 aromatic heterocycles. The van der Waals surface area contributed by atoms with Crippen molar-refractivity contribution in [1.29, 1.82) is 0 Å². The minimum absolute atomic E-state index is 0.0438. The summed E-state index contributed by atoms with van der Waals surface area (Å²) in [6, 6.07) is 4.07. The number of halogens is 2. The van der Waals surface area contributed by atoms with E-state index >= 15 is 0 Å². The lowest BCUT2D eigenvalue weighted by atomic mass is 10.1. The Morgan fingerprint density at radius 1 is 1.20 bits per heavy atom. The molecule has 0 bridgehead atoms. The van der Waals surface area contributed by atoms with Crippen LogP contribution in [0.3, 0.4) is 0 Å². The van der Waals surface area contributed by atoms with E-state index in [2.05, 4.69) is 36.3 Å². The van der Waals surface area contributed by atoms with Gasteiger partial charge >= 0.3 is 0 Å². The molecule has 0 spiro atoms. The fourth-order valence-corrected chi connectivity index (χ4v) is 2.54. The summed E-state index contributed by atoms with van der Waals surface area (Å²) >= 11 is 1.29. The second kappa shape index (κ2) is 5.93. The van der Waals surface area contributed by atoms with Crippen LogP contribution in [-0.2, 0) is 6.42 Å². The van der Waals surface area contributed by atoms with Crippen molar-refractivity contribution in [2.75, 3.05) is 6.54 Å². The number of benzene rings is 1. The molecule has 0 fully saturated rings. The van der Waals surface area contributed by atoms with Gasteiger partial charge in [-0.15, -0.1) is 10.2 Å². The Labute approximate surface area is 121 Å². The molecule has 108 valence electrons. The maximum absolute atomic E-state index is 13.7. The molecule has 6 heteroatoms. The summed E-state index contributed by atoms with van der Waals surface area (Å²) in [6.45, 7) is 7.02. The van der Waals surface area contributed by atoms with Crippen molar-refractivity contribution >= 4 is 11.3 Å². The minimum Gasteiger partial charge on any atom is -0.312 e. The van der Waals surface area contributed by atoms with Crippen molar-refractivity contribution in [3.63, 3.8) is 0 Å². The zero-order valence-electron chi connectivity index (χ0n) is 11.7. The van der Waals surface area contributed by atoms with Crippen LogP contribution in [0.2, 0.25) is 0 Å². The summed E-state index contributed by atoms with van der Waals surface area (Å²) in [7, 11) is 0. The van der Waals surface area contributed by atoms with Crippen LogP contribution in [0.4, 0.5) is 8.78 Å². The average Bonchev–Trinajstić information content (AvgIpc) is 2.79. The van der Waals surface area contributed by atoms with Gasteiger partial charge in [0.1, 0.15) is 5.01 Å². The van der Waals surface area contributed by atoms with E-state index in [1.807, 2.05) is 0 Å². The zero-order valence-corrected chi connectivity index (χ0v) is 12.5. The molecule has 0 atom stereocenters. The molecule has 0 radical (unpaired) electrons. The van der Waals surface area contributed by atoms with Crippen molar-refractivity contribution in [1.82, 2.24) is 15.5 Å². The highest BCUT2D eigenvalue weighted by Gasteiger charge is 2.14. The standard InChI is InChI=1S/C14H17F2N3S/c1-14(2,3)17-8-7-11-18-19-13(20-11)9-5-4-6-10(15)12(9)16/h4-6,17H,7-8H2,1-3H3. The van der Waals surface area contributed by atoms with E-state index in [9.17, 15) is 8.78 Å². The Morgan fingerprint density at radius 3 is 2.65 bits per heavy atom. The van der Waals surface area contributed by atoms with Gasteiger partial charge in [-0.3, -0.25) is 0 Å². The molecule has 1 N–H and O–H groups in total. The van der Waals surface area contributed by atoms with E-state index in [1.54, 1.807) is 0 Å². The van der Waals surface area contributed by atoms with Crippen molar-refractivity contribution in [2.45, 2.75) is 32.7 Å². The smallest absolute Gasteiger partial charge is 0.169 e. The van der Waals surface area contributed by atoms with Crippen LogP contribution in [0.25, 0.3) is 10.6 Å². The third kappa shape index (κ3) is 3.80. The molecule has 1 aromatic carbocycles. The van der Waals surface area contributed by atoms with E-state index in [0.717, 1.165) is 17.6 Å². The van der Waals surface area contributed by atoms with Gasteiger partial charge in [0.15, 0.2) is 16.6 Å². The van der Waals surface area contributed by atoms with Crippen LogP contribution in [0.1, 0.15) is 25.8 Å². The lowest BCUT2D eigenvalue weighted by molar-refractivity contribution is 0.429. The van der Waals surface area contributed by atoms with Crippen LogP contribution >= 0.6 is 11.3 Å². The molecule has 0 saturated carbocycles. The molecule has 0 unspecified atom stereocenters. The highest BCUT2D eigenvalue weighted by Crippen LogP contribution is 2.27. The molecule has 0 amide bonds. The number of hydrogen-bond donors (Lipinski definition) is 1. The van der Waals surface area contributed by atoms with Gasteiger partial charge in [0.25, 0.3) is 0 Å². The summed E-state index contributed by atoms with van der Waals surface area (Å²) in [5.74, 6) is -1.74. The van der Waals surface area contributed by atoms with Gasteiger partial charge in [-0.05, 0) is 32.9 Å². The summed E-state index contributed by atoms with van der Waals surface area (Å²) in [5.41, 5.74) is 0.208. The Hall–Kier alpha value is -1.40. The Balaban J connectivity index is 2.07. The summed E-state index contributed by atoms with van der Waals surface area (Å²) in [5, 5.41) is 12.5. The predicted molar refractivity (Wildman–Crippen MR) is 76.7 cm³/mol. The first-order valence-corrected chi connectivity index (χ1v) is 7.20. The monoisotopic (exact) mass is 297 g/mol. The Kier molecular flexibility index (Phi) is 4.45. The number of hydrogen-bond acceptors (Lipinski definition) is 4. The molecule has 2 rings (SSSR count). The summed E-state index contributed by atoms with van der Waals surface area (Å²) < 4.78 is 26.8. The van der Waals surface area contributed by atoms with Gasteiger partial charge in [0.2, 0.25) is 0 Å². The van der Waals surface area contributed by atoms with Crippen molar-refractivity contribution in [3.05, 3.63) is 34.8 Å².